The van der Waals surface area contributed by atoms with Gasteiger partial charge >= 0.3 is 0 Å². The molecule has 3 heterocycles. The number of nitrogens with zero attached hydrogens (tertiary/aromatic N) is 2. The fourth-order valence-corrected chi connectivity index (χ4v) is 3.94. The Balaban J connectivity index is 1.77. The van der Waals surface area contributed by atoms with E-state index in [1.54, 1.807) is 11.3 Å². The Morgan fingerprint density at radius 1 is 1.43 bits per heavy atom. The van der Waals surface area contributed by atoms with Crippen molar-refractivity contribution < 1.29 is 4.79 Å². The van der Waals surface area contributed by atoms with Crippen molar-refractivity contribution >= 4 is 17.2 Å². The first kappa shape index (κ1) is 14.3. The molecule has 0 bridgehead atoms. The Kier molecular flexibility index (Phi) is 4.10. The molecule has 4 nitrogen and oxygen atoms in total. The second-order valence-electron chi connectivity index (χ2n) is 5.75. The Morgan fingerprint density at radius 3 is 2.95 bits per heavy atom. The van der Waals surface area contributed by atoms with Gasteiger partial charge in [-0.25, -0.2) is 0 Å². The second kappa shape index (κ2) is 6.02. The molecule has 2 aromatic heterocycles. The van der Waals surface area contributed by atoms with Gasteiger partial charge in [0.05, 0.1) is 24.4 Å². The Labute approximate surface area is 129 Å². The van der Waals surface area contributed by atoms with Gasteiger partial charge in [0, 0.05) is 16.3 Å². The highest BCUT2D eigenvalue weighted by Gasteiger charge is 2.30. The minimum Gasteiger partial charge on any atom is -0.334 e. The topological polar surface area (TPSA) is 49.0 Å². The number of hydrogen-bond donors (Lipinski definition) is 1. The monoisotopic (exact) mass is 303 g/mol. The van der Waals surface area contributed by atoms with E-state index in [0.29, 0.717) is 6.42 Å². The third-order valence-corrected chi connectivity index (χ3v) is 5.15. The number of carbonyl (C=O) groups excluding carboxylic acids is 1. The van der Waals surface area contributed by atoms with Crippen molar-refractivity contribution in [1.82, 2.24) is 15.1 Å². The van der Waals surface area contributed by atoms with Gasteiger partial charge in [0.15, 0.2) is 0 Å². The Hall–Kier alpha value is -1.62. The van der Waals surface area contributed by atoms with Gasteiger partial charge in [-0.05, 0) is 50.8 Å². The zero-order chi connectivity index (χ0) is 14.8. The van der Waals surface area contributed by atoms with Crippen molar-refractivity contribution in [3.05, 3.63) is 39.3 Å². The van der Waals surface area contributed by atoms with Crippen molar-refractivity contribution in [2.24, 2.45) is 0 Å². The maximum atomic E-state index is 12.7. The summed E-state index contributed by atoms with van der Waals surface area (Å²) in [6.07, 6.45) is 5.65. The van der Waals surface area contributed by atoms with Gasteiger partial charge in [0.2, 0.25) is 5.91 Å². The summed E-state index contributed by atoms with van der Waals surface area (Å²) in [6, 6.07) is 4.31. The Bertz CT molecular complexity index is 631. The van der Waals surface area contributed by atoms with Crippen LogP contribution >= 0.6 is 11.3 Å². The number of rotatable bonds is 3. The van der Waals surface area contributed by atoms with E-state index < -0.39 is 0 Å². The number of nitrogens with one attached hydrogen (secondary N) is 1. The molecule has 1 atom stereocenters. The van der Waals surface area contributed by atoms with Gasteiger partial charge in [0.1, 0.15) is 0 Å². The standard InChI is InChI=1S/C16H21N3OS/c1-11-10-17-18-16(11)14-5-3-4-8-19(14)15(20)9-13-7-6-12(2)21-13/h6-7,10,14H,3-5,8-9H2,1-2H3,(H,17,18)/t14-/m1/s1. The van der Waals surface area contributed by atoms with E-state index in [4.69, 9.17) is 0 Å². The molecule has 5 heteroatoms. The fourth-order valence-electron chi connectivity index (χ4n) is 3.05. The summed E-state index contributed by atoms with van der Waals surface area (Å²) >= 11 is 1.71. The lowest BCUT2D eigenvalue weighted by molar-refractivity contribution is -0.134. The van der Waals surface area contributed by atoms with Crippen LogP contribution in [0, 0.1) is 13.8 Å². The van der Waals surface area contributed by atoms with Crippen molar-refractivity contribution in [3.8, 4) is 0 Å². The molecule has 1 aliphatic heterocycles. The highest BCUT2D eigenvalue weighted by atomic mass is 32.1. The number of aryl methyl sites for hydroxylation is 2. The summed E-state index contributed by atoms with van der Waals surface area (Å²) in [7, 11) is 0. The first-order valence-electron chi connectivity index (χ1n) is 7.50. The average molecular weight is 303 g/mol. The molecule has 112 valence electrons. The highest BCUT2D eigenvalue weighted by molar-refractivity contribution is 7.12. The zero-order valence-corrected chi connectivity index (χ0v) is 13.4. The molecule has 1 fully saturated rings. The van der Waals surface area contributed by atoms with Crippen LogP contribution < -0.4 is 0 Å². The molecule has 2 aromatic rings. The largest absolute Gasteiger partial charge is 0.334 e. The number of H-pyrrole nitrogens is 1. The minimum absolute atomic E-state index is 0.162. The maximum Gasteiger partial charge on any atom is 0.228 e. The normalized spacial score (nSPS) is 19.0. The molecule has 0 unspecified atom stereocenters. The van der Waals surface area contributed by atoms with E-state index in [0.717, 1.165) is 35.5 Å². The predicted molar refractivity (Wildman–Crippen MR) is 84.4 cm³/mol. The number of aromatic amines is 1. The molecule has 0 radical (unpaired) electrons. The molecule has 1 aliphatic rings. The van der Waals surface area contributed by atoms with Gasteiger partial charge in [-0.2, -0.15) is 5.10 Å². The van der Waals surface area contributed by atoms with E-state index >= 15 is 0 Å². The summed E-state index contributed by atoms with van der Waals surface area (Å²) in [4.78, 5) is 17.1. The maximum absolute atomic E-state index is 12.7. The van der Waals surface area contributed by atoms with E-state index in [1.807, 2.05) is 11.1 Å². The quantitative estimate of drug-likeness (QED) is 0.945. The lowest BCUT2D eigenvalue weighted by atomic mass is 9.97. The summed E-state index contributed by atoms with van der Waals surface area (Å²) in [5, 5.41) is 7.20. The number of likely N-dealkylation sites (tertiary alicyclic amines) is 1. The molecular weight excluding hydrogens is 282 g/mol. The van der Waals surface area contributed by atoms with Crippen LogP contribution in [0.15, 0.2) is 18.3 Å². The van der Waals surface area contributed by atoms with Gasteiger partial charge in [-0.15, -0.1) is 11.3 Å². The number of hydrogen-bond acceptors (Lipinski definition) is 3. The molecule has 1 N–H and O–H groups in total. The van der Waals surface area contributed by atoms with Crippen LogP contribution in [0.2, 0.25) is 0 Å². The first-order valence-corrected chi connectivity index (χ1v) is 8.31. The summed E-state index contributed by atoms with van der Waals surface area (Å²) < 4.78 is 0. The van der Waals surface area contributed by atoms with Crippen LogP contribution in [0.5, 0.6) is 0 Å². The molecule has 0 spiro atoms. The Morgan fingerprint density at radius 2 is 2.29 bits per heavy atom. The van der Waals surface area contributed by atoms with Crippen LogP contribution in [0.25, 0.3) is 0 Å². The third-order valence-electron chi connectivity index (χ3n) is 4.15. The highest BCUT2D eigenvalue weighted by Crippen LogP contribution is 2.32. The third kappa shape index (κ3) is 3.02. The van der Waals surface area contributed by atoms with E-state index in [2.05, 4.69) is 36.2 Å². The second-order valence-corrected chi connectivity index (χ2v) is 7.13. The van der Waals surface area contributed by atoms with E-state index in [9.17, 15) is 4.79 Å². The average Bonchev–Trinajstić information content (AvgIpc) is 3.07. The molecule has 0 aromatic carbocycles. The number of carbonyl (C=O) groups is 1. The number of aromatic nitrogens is 2. The lowest BCUT2D eigenvalue weighted by Crippen LogP contribution is -2.39. The zero-order valence-electron chi connectivity index (χ0n) is 12.6. The fraction of sp³-hybridized carbons (Fsp3) is 0.500. The molecule has 21 heavy (non-hydrogen) atoms. The van der Waals surface area contributed by atoms with Gasteiger partial charge in [-0.3, -0.25) is 9.89 Å². The first-order chi connectivity index (χ1) is 10.1. The summed E-state index contributed by atoms with van der Waals surface area (Å²) in [5.41, 5.74) is 2.25. The van der Waals surface area contributed by atoms with E-state index in [1.165, 1.54) is 11.3 Å². The van der Waals surface area contributed by atoms with Crippen molar-refractivity contribution in [3.63, 3.8) is 0 Å². The molecule has 3 rings (SSSR count). The van der Waals surface area contributed by atoms with Crippen molar-refractivity contribution in [1.29, 1.82) is 0 Å². The van der Waals surface area contributed by atoms with Crippen LogP contribution in [0.4, 0.5) is 0 Å². The molecule has 1 amide bonds. The number of amides is 1. The smallest absolute Gasteiger partial charge is 0.228 e. The van der Waals surface area contributed by atoms with Gasteiger partial charge in [-0.1, -0.05) is 0 Å². The molecule has 0 aliphatic carbocycles. The predicted octanol–water partition coefficient (Wildman–Crippen LogP) is 3.38. The van der Waals surface area contributed by atoms with Crippen LogP contribution in [0.1, 0.15) is 46.3 Å². The molecule has 1 saturated heterocycles. The van der Waals surface area contributed by atoms with Gasteiger partial charge < -0.3 is 4.90 Å². The lowest BCUT2D eigenvalue weighted by Gasteiger charge is -2.35. The van der Waals surface area contributed by atoms with Crippen molar-refractivity contribution in [2.75, 3.05) is 6.54 Å². The number of piperidine rings is 1. The van der Waals surface area contributed by atoms with Gasteiger partial charge in [0.25, 0.3) is 0 Å². The minimum atomic E-state index is 0.162. The van der Waals surface area contributed by atoms with E-state index in [-0.39, 0.29) is 11.9 Å². The van der Waals surface area contributed by atoms with Crippen LogP contribution in [-0.2, 0) is 11.2 Å². The molecule has 0 saturated carbocycles. The molecular formula is C16H21N3OS. The number of thiophene rings is 1. The summed E-state index contributed by atoms with van der Waals surface area (Å²) in [6.45, 7) is 4.99. The SMILES string of the molecule is Cc1ccc(CC(=O)N2CCCC[C@@H]2c2[nH]ncc2C)s1. The van der Waals surface area contributed by atoms with Crippen LogP contribution in [-0.4, -0.2) is 27.5 Å². The van der Waals surface area contributed by atoms with Crippen LogP contribution in [0.3, 0.4) is 0 Å². The summed E-state index contributed by atoms with van der Waals surface area (Å²) in [5.74, 6) is 0.232. The van der Waals surface area contributed by atoms with Crippen molar-refractivity contribution in [2.45, 2.75) is 45.6 Å².